The molecule has 32 heavy (non-hydrogen) atoms. The molecule has 2 aromatic rings. The number of carbonyl (C=O) groups excluding carboxylic acids is 1. The van der Waals surface area contributed by atoms with Gasteiger partial charge in [0.05, 0.1) is 0 Å². The van der Waals surface area contributed by atoms with Gasteiger partial charge in [-0.15, -0.1) is 0 Å². The molecule has 2 aliphatic heterocycles. The Morgan fingerprint density at radius 3 is 2.44 bits per heavy atom. The number of hydrogen-bond acceptors (Lipinski definition) is 3. The van der Waals surface area contributed by atoms with Crippen molar-refractivity contribution in [2.45, 2.75) is 44.8 Å². The monoisotopic (exact) mass is 440 g/mol. The van der Waals surface area contributed by atoms with Gasteiger partial charge in [-0.2, -0.15) is 0 Å². The maximum absolute atomic E-state index is 13.8. The van der Waals surface area contributed by atoms with E-state index in [9.17, 15) is 19.1 Å². The van der Waals surface area contributed by atoms with Crippen LogP contribution in [0.5, 0.6) is 0 Å². The predicted octanol–water partition coefficient (Wildman–Crippen LogP) is 4.86. The van der Waals surface area contributed by atoms with Crippen LogP contribution in [-0.4, -0.2) is 52.3 Å². The molecule has 1 N–H and O–H groups in total. The number of likely N-dealkylation sites (tertiary alicyclic amines) is 1. The van der Waals surface area contributed by atoms with Crippen LogP contribution in [0.3, 0.4) is 0 Å². The Kier molecular flexibility index (Phi) is 5.61. The largest absolute Gasteiger partial charge is 0.465 e. The Bertz CT molecular complexity index is 1020. The molecule has 2 aliphatic rings. The molecule has 0 aliphatic carbocycles. The molecule has 2 aromatic carbocycles. The lowest BCUT2D eigenvalue weighted by atomic mass is 9.67. The van der Waals surface area contributed by atoms with Crippen LogP contribution in [-0.2, 0) is 16.7 Å². The Morgan fingerprint density at radius 1 is 1.09 bits per heavy atom. The standard InChI is InChI=1S/C25H29FN2O4/c1-24(2,3)32-23(31)27-14-13-19(16-27)25(18-8-10-20(26)11-9-18)21-7-5-4-6-17(21)12-15-28(25)22(29)30/h4-11,19H,12-16H2,1-3H3,(H,29,30)/t19-,25-/m1/s1. The molecule has 7 heteroatoms. The highest BCUT2D eigenvalue weighted by Gasteiger charge is 2.54. The van der Waals surface area contributed by atoms with Crippen molar-refractivity contribution in [2.75, 3.05) is 19.6 Å². The third-order valence-corrected chi connectivity index (χ3v) is 6.40. The number of carbonyl (C=O) groups is 2. The van der Waals surface area contributed by atoms with E-state index in [1.165, 1.54) is 17.0 Å². The van der Waals surface area contributed by atoms with Crippen LogP contribution in [0, 0.1) is 11.7 Å². The number of halogens is 1. The molecule has 2 amide bonds. The van der Waals surface area contributed by atoms with Crippen LogP contribution < -0.4 is 0 Å². The number of ether oxygens (including phenoxy) is 1. The summed E-state index contributed by atoms with van der Waals surface area (Å²) in [5, 5.41) is 10.3. The number of carboxylic acid groups (broad SMARTS) is 1. The molecular weight excluding hydrogens is 411 g/mol. The number of fused-ring (bicyclic) bond motifs is 1. The summed E-state index contributed by atoms with van der Waals surface area (Å²) in [5.41, 5.74) is 1.05. The molecule has 0 radical (unpaired) electrons. The normalized spacial score (nSPS) is 23.1. The smallest absolute Gasteiger partial charge is 0.410 e. The summed E-state index contributed by atoms with van der Waals surface area (Å²) < 4.78 is 19.4. The topological polar surface area (TPSA) is 70.1 Å². The summed E-state index contributed by atoms with van der Waals surface area (Å²) in [4.78, 5) is 28.4. The molecule has 0 bridgehead atoms. The average Bonchev–Trinajstić information content (AvgIpc) is 3.23. The van der Waals surface area contributed by atoms with Crippen LogP contribution >= 0.6 is 0 Å². The van der Waals surface area contributed by atoms with Crippen LogP contribution in [0.2, 0.25) is 0 Å². The molecular formula is C25H29FN2O4. The first-order chi connectivity index (χ1) is 15.1. The zero-order valence-electron chi connectivity index (χ0n) is 18.7. The van der Waals surface area contributed by atoms with E-state index in [1.54, 1.807) is 17.0 Å². The minimum absolute atomic E-state index is 0.210. The zero-order chi connectivity index (χ0) is 23.1. The summed E-state index contributed by atoms with van der Waals surface area (Å²) in [5.74, 6) is -0.588. The van der Waals surface area contributed by atoms with Crippen LogP contribution in [0.25, 0.3) is 0 Å². The lowest BCUT2D eigenvalue weighted by molar-refractivity contribution is 0.0243. The minimum atomic E-state index is -1.03. The number of rotatable bonds is 2. The van der Waals surface area contributed by atoms with Gasteiger partial charge >= 0.3 is 12.2 Å². The van der Waals surface area contributed by atoms with Crippen molar-refractivity contribution >= 4 is 12.2 Å². The molecule has 6 nitrogen and oxygen atoms in total. The Balaban J connectivity index is 1.84. The first-order valence-corrected chi connectivity index (χ1v) is 11.0. The number of benzene rings is 2. The van der Waals surface area contributed by atoms with E-state index in [0.29, 0.717) is 38.0 Å². The Morgan fingerprint density at radius 2 is 1.78 bits per heavy atom. The third-order valence-electron chi connectivity index (χ3n) is 6.40. The van der Waals surface area contributed by atoms with E-state index in [-0.39, 0.29) is 11.7 Å². The summed E-state index contributed by atoms with van der Waals surface area (Å²) in [6, 6.07) is 13.9. The lowest BCUT2D eigenvalue weighted by Gasteiger charge is -2.51. The second-order valence-corrected chi connectivity index (χ2v) is 9.53. The highest BCUT2D eigenvalue weighted by molar-refractivity contribution is 5.71. The SMILES string of the molecule is CC(C)(C)OC(=O)N1CC[C@@H]([C@]2(c3ccc(F)cc3)c3ccccc3CCN2C(=O)O)C1. The molecule has 1 saturated heterocycles. The van der Waals surface area contributed by atoms with Crippen molar-refractivity contribution < 1.29 is 23.8 Å². The lowest BCUT2D eigenvalue weighted by Crippen LogP contribution is -2.58. The average molecular weight is 441 g/mol. The van der Waals surface area contributed by atoms with Crippen molar-refractivity contribution in [1.29, 1.82) is 0 Å². The highest BCUT2D eigenvalue weighted by Crippen LogP contribution is 2.49. The first-order valence-electron chi connectivity index (χ1n) is 11.0. The molecule has 0 aromatic heterocycles. The van der Waals surface area contributed by atoms with E-state index in [2.05, 4.69) is 0 Å². The summed E-state index contributed by atoms with van der Waals surface area (Å²) in [7, 11) is 0. The van der Waals surface area contributed by atoms with Gasteiger partial charge in [0.2, 0.25) is 0 Å². The van der Waals surface area contributed by atoms with E-state index in [0.717, 1.165) is 11.1 Å². The fourth-order valence-electron chi connectivity index (χ4n) is 5.20. The van der Waals surface area contributed by atoms with Crippen molar-refractivity contribution in [1.82, 2.24) is 9.80 Å². The van der Waals surface area contributed by atoms with Gasteiger partial charge in [0.15, 0.2) is 0 Å². The van der Waals surface area contributed by atoms with Crippen molar-refractivity contribution in [3.63, 3.8) is 0 Å². The quantitative estimate of drug-likeness (QED) is 0.724. The van der Waals surface area contributed by atoms with Crippen molar-refractivity contribution in [2.24, 2.45) is 5.92 Å². The maximum Gasteiger partial charge on any atom is 0.410 e. The highest BCUT2D eigenvalue weighted by atomic mass is 19.1. The number of hydrogen-bond donors (Lipinski definition) is 1. The van der Waals surface area contributed by atoms with Gasteiger partial charge in [0.25, 0.3) is 0 Å². The van der Waals surface area contributed by atoms with Gasteiger partial charge in [-0.05, 0) is 62.4 Å². The summed E-state index contributed by atoms with van der Waals surface area (Å²) in [6.45, 7) is 6.61. The molecule has 0 saturated carbocycles. The third kappa shape index (κ3) is 3.80. The van der Waals surface area contributed by atoms with E-state index < -0.39 is 23.3 Å². The second-order valence-electron chi connectivity index (χ2n) is 9.53. The van der Waals surface area contributed by atoms with Crippen LogP contribution in [0.1, 0.15) is 43.9 Å². The maximum atomic E-state index is 13.8. The molecule has 0 unspecified atom stereocenters. The fourth-order valence-corrected chi connectivity index (χ4v) is 5.20. The second kappa shape index (κ2) is 8.11. The van der Waals surface area contributed by atoms with E-state index in [4.69, 9.17) is 4.74 Å². The van der Waals surface area contributed by atoms with E-state index >= 15 is 0 Å². The van der Waals surface area contributed by atoms with Gasteiger partial charge in [-0.1, -0.05) is 36.4 Å². The Hall–Kier alpha value is -3.09. The van der Waals surface area contributed by atoms with Crippen LogP contribution in [0.4, 0.5) is 14.0 Å². The number of nitrogens with zero attached hydrogens (tertiary/aromatic N) is 2. The summed E-state index contributed by atoms with van der Waals surface area (Å²) in [6.07, 6.45) is -0.220. The molecule has 2 heterocycles. The van der Waals surface area contributed by atoms with E-state index in [1.807, 2.05) is 45.0 Å². The van der Waals surface area contributed by atoms with Crippen molar-refractivity contribution in [3.05, 3.63) is 71.0 Å². The first kappa shape index (κ1) is 22.1. The predicted molar refractivity (Wildman–Crippen MR) is 118 cm³/mol. The van der Waals surface area contributed by atoms with Crippen molar-refractivity contribution in [3.8, 4) is 0 Å². The van der Waals surface area contributed by atoms with Gasteiger partial charge in [0, 0.05) is 25.6 Å². The van der Waals surface area contributed by atoms with Gasteiger partial charge in [0.1, 0.15) is 17.0 Å². The summed E-state index contributed by atoms with van der Waals surface area (Å²) >= 11 is 0. The Labute approximate surface area is 187 Å². The van der Waals surface area contributed by atoms with Crippen LogP contribution in [0.15, 0.2) is 48.5 Å². The van der Waals surface area contributed by atoms with Gasteiger partial charge in [-0.3, -0.25) is 4.90 Å². The fraction of sp³-hybridized carbons (Fsp3) is 0.440. The molecule has 0 spiro atoms. The molecule has 4 rings (SSSR count). The molecule has 2 atom stereocenters. The van der Waals surface area contributed by atoms with Gasteiger partial charge in [-0.25, -0.2) is 14.0 Å². The minimum Gasteiger partial charge on any atom is -0.465 e. The number of amides is 2. The molecule has 170 valence electrons. The molecule has 1 fully saturated rings. The van der Waals surface area contributed by atoms with Gasteiger partial charge < -0.3 is 14.7 Å². The zero-order valence-corrected chi connectivity index (χ0v) is 18.7.